The molecule has 88 valence electrons. The van der Waals surface area contributed by atoms with Gasteiger partial charge in [0.2, 0.25) is 0 Å². The standard InChI is InChI=1S/C11H14FNO3/c1-13(11(15)16-7-6-14)8-9-4-2-3-5-10(9)12/h2-5,14H,6-8H2,1H3. The van der Waals surface area contributed by atoms with Crippen molar-refractivity contribution in [3.05, 3.63) is 35.6 Å². The van der Waals surface area contributed by atoms with E-state index in [4.69, 9.17) is 5.11 Å². The van der Waals surface area contributed by atoms with E-state index in [1.54, 1.807) is 18.2 Å². The van der Waals surface area contributed by atoms with Crippen LogP contribution in [0.25, 0.3) is 0 Å². The topological polar surface area (TPSA) is 49.8 Å². The van der Waals surface area contributed by atoms with E-state index in [1.165, 1.54) is 18.0 Å². The molecule has 0 heterocycles. The van der Waals surface area contributed by atoms with Gasteiger partial charge in [-0.05, 0) is 6.07 Å². The second-order valence-electron chi connectivity index (χ2n) is 3.29. The molecule has 16 heavy (non-hydrogen) atoms. The van der Waals surface area contributed by atoms with Gasteiger partial charge in [0.15, 0.2) is 0 Å². The van der Waals surface area contributed by atoms with Crippen LogP contribution in [0.4, 0.5) is 9.18 Å². The van der Waals surface area contributed by atoms with Crippen molar-refractivity contribution < 1.29 is 19.0 Å². The Hall–Kier alpha value is -1.62. The van der Waals surface area contributed by atoms with Gasteiger partial charge in [-0.3, -0.25) is 0 Å². The second-order valence-corrected chi connectivity index (χ2v) is 3.29. The van der Waals surface area contributed by atoms with Crippen LogP contribution >= 0.6 is 0 Å². The molecule has 0 fully saturated rings. The van der Waals surface area contributed by atoms with Crippen LogP contribution in [0.15, 0.2) is 24.3 Å². The molecule has 0 spiro atoms. The summed E-state index contributed by atoms with van der Waals surface area (Å²) >= 11 is 0. The largest absolute Gasteiger partial charge is 0.447 e. The Bertz CT molecular complexity index is 357. The summed E-state index contributed by atoms with van der Waals surface area (Å²) in [4.78, 5) is 12.5. The number of nitrogens with zero attached hydrogens (tertiary/aromatic N) is 1. The molecule has 0 aliphatic heterocycles. The minimum atomic E-state index is -0.586. The van der Waals surface area contributed by atoms with Gasteiger partial charge in [0.1, 0.15) is 12.4 Å². The Labute approximate surface area is 93.3 Å². The van der Waals surface area contributed by atoms with E-state index in [0.717, 1.165) is 0 Å². The summed E-state index contributed by atoms with van der Waals surface area (Å²) in [7, 11) is 1.51. The van der Waals surface area contributed by atoms with E-state index >= 15 is 0 Å². The van der Waals surface area contributed by atoms with E-state index in [2.05, 4.69) is 4.74 Å². The molecule has 1 rings (SSSR count). The second kappa shape index (κ2) is 6.07. The molecular weight excluding hydrogens is 213 g/mol. The summed E-state index contributed by atoms with van der Waals surface area (Å²) in [6.45, 7) is -0.142. The summed E-state index contributed by atoms with van der Waals surface area (Å²) in [6, 6.07) is 6.22. The molecule has 0 atom stereocenters. The first-order chi connectivity index (χ1) is 7.65. The molecule has 1 aromatic carbocycles. The Morgan fingerprint density at radius 2 is 2.19 bits per heavy atom. The third-order valence-electron chi connectivity index (χ3n) is 1.99. The lowest BCUT2D eigenvalue weighted by Crippen LogP contribution is -2.28. The average molecular weight is 227 g/mol. The van der Waals surface area contributed by atoms with E-state index in [-0.39, 0.29) is 25.6 Å². The van der Waals surface area contributed by atoms with Gasteiger partial charge in [-0.2, -0.15) is 0 Å². The quantitative estimate of drug-likeness (QED) is 0.845. The highest BCUT2D eigenvalue weighted by Gasteiger charge is 2.11. The third-order valence-corrected chi connectivity index (χ3v) is 1.99. The Morgan fingerprint density at radius 3 is 2.81 bits per heavy atom. The third kappa shape index (κ3) is 3.51. The fourth-order valence-electron chi connectivity index (χ4n) is 1.19. The number of hydrogen-bond donors (Lipinski definition) is 1. The predicted octanol–water partition coefficient (Wildman–Crippen LogP) is 1.39. The molecule has 0 aromatic heterocycles. The Kier molecular flexibility index (Phi) is 4.72. The van der Waals surface area contributed by atoms with E-state index in [9.17, 15) is 9.18 Å². The summed E-state index contributed by atoms with van der Waals surface area (Å²) in [6.07, 6.45) is -0.586. The van der Waals surface area contributed by atoms with Crippen LogP contribution in [0.5, 0.6) is 0 Å². The van der Waals surface area contributed by atoms with Gasteiger partial charge in [-0.1, -0.05) is 18.2 Å². The molecule has 0 aliphatic carbocycles. The highest BCUT2D eigenvalue weighted by Crippen LogP contribution is 2.09. The number of amides is 1. The van der Waals surface area contributed by atoms with Gasteiger partial charge in [0.25, 0.3) is 0 Å². The van der Waals surface area contributed by atoms with Crippen molar-refractivity contribution in [3.63, 3.8) is 0 Å². The van der Waals surface area contributed by atoms with E-state index in [0.29, 0.717) is 5.56 Å². The van der Waals surface area contributed by atoms with Gasteiger partial charge in [-0.25, -0.2) is 9.18 Å². The molecule has 0 radical (unpaired) electrons. The number of aliphatic hydroxyl groups is 1. The molecule has 1 N–H and O–H groups in total. The smallest absolute Gasteiger partial charge is 0.409 e. The molecule has 1 aromatic rings. The molecular formula is C11H14FNO3. The lowest BCUT2D eigenvalue weighted by Gasteiger charge is -2.16. The number of rotatable bonds is 4. The molecule has 0 saturated carbocycles. The average Bonchev–Trinajstić information content (AvgIpc) is 2.28. The maximum atomic E-state index is 13.2. The van der Waals surface area contributed by atoms with E-state index < -0.39 is 6.09 Å². The molecule has 5 heteroatoms. The fraction of sp³-hybridized carbons (Fsp3) is 0.364. The summed E-state index contributed by atoms with van der Waals surface area (Å²) < 4.78 is 17.9. The maximum Gasteiger partial charge on any atom is 0.409 e. The minimum absolute atomic E-state index is 0.0551. The van der Waals surface area contributed by atoms with Crippen LogP contribution in [0.3, 0.4) is 0 Å². The molecule has 0 saturated heterocycles. The molecule has 1 amide bonds. The first-order valence-electron chi connectivity index (χ1n) is 4.87. The van der Waals surface area contributed by atoms with Gasteiger partial charge in [0.05, 0.1) is 13.2 Å². The zero-order chi connectivity index (χ0) is 12.0. The minimum Gasteiger partial charge on any atom is -0.447 e. The predicted molar refractivity (Wildman–Crippen MR) is 56.3 cm³/mol. The molecule has 0 bridgehead atoms. The van der Waals surface area contributed by atoms with Crippen molar-refractivity contribution in [1.82, 2.24) is 4.90 Å². The van der Waals surface area contributed by atoms with Gasteiger partial charge < -0.3 is 14.7 Å². The zero-order valence-electron chi connectivity index (χ0n) is 9.02. The zero-order valence-corrected chi connectivity index (χ0v) is 9.02. The van der Waals surface area contributed by atoms with Crippen molar-refractivity contribution in [2.75, 3.05) is 20.3 Å². The number of benzene rings is 1. The number of halogens is 1. The summed E-state index contributed by atoms with van der Waals surface area (Å²) in [5.41, 5.74) is 0.422. The van der Waals surface area contributed by atoms with Gasteiger partial charge in [0, 0.05) is 12.6 Å². The van der Waals surface area contributed by atoms with Crippen LogP contribution in [0.1, 0.15) is 5.56 Å². The SMILES string of the molecule is CN(Cc1ccccc1F)C(=O)OCCO. The van der Waals surface area contributed by atoms with Crippen LogP contribution in [0, 0.1) is 5.82 Å². The normalized spacial score (nSPS) is 9.94. The highest BCUT2D eigenvalue weighted by atomic mass is 19.1. The maximum absolute atomic E-state index is 13.2. The first kappa shape index (κ1) is 12.4. The lowest BCUT2D eigenvalue weighted by atomic mass is 10.2. The van der Waals surface area contributed by atoms with Crippen molar-refractivity contribution >= 4 is 6.09 Å². The number of ether oxygens (including phenoxy) is 1. The number of carbonyl (C=O) groups excluding carboxylic acids is 1. The summed E-state index contributed by atoms with van der Waals surface area (Å²) in [5, 5.41) is 8.48. The monoisotopic (exact) mass is 227 g/mol. The van der Waals surface area contributed by atoms with Gasteiger partial charge in [-0.15, -0.1) is 0 Å². The number of hydrogen-bond acceptors (Lipinski definition) is 3. The van der Waals surface area contributed by atoms with Crippen LogP contribution in [-0.4, -0.2) is 36.4 Å². The first-order valence-corrected chi connectivity index (χ1v) is 4.87. The van der Waals surface area contributed by atoms with Crippen LogP contribution in [-0.2, 0) is 11.3 Å². The van der Waals surface area contributed by atoms with Crippen molar-refractivity contribution in [1.29, 1.82) is 0 Å². The van der Waals surface area contributed by atoms with E-state index in [1.807, 2.05) is 0 Å². The van der Waals surface area contributed by atoms with Crippen molar-refractivity contribution in [3.8, 4) is 0 Å². The fourth-order valence-corrected chi connectivity index (χ4v) is 1.19. The van der Waals surface area contributed by atoms with Gasteiger partial charge >= 0.3 is 6.09 Å². The van der Waals surface area contributed by atoms with Crippen molar-refractivity contribution in [2.24, 2.45) is 0 Å². The Morgan fingerprint density at radius 1 is 1.50 bits per heavy atom. The highest BCUT2D eigenvalue weighted by molar-refractivity contribution is 5.67. The molecule has 0 unspecified atom stereocenters. The van der Waals surface area contributed by atoms with Crippen LogP contribution < -0.4 is 0 Å². The van der Waals surface area contributed by atoms with Crippen LogP contribution in [0.2, 0.25) is 0 Å². The summed E-state index contributed by atoms with van der Waals surface area (Å²) in [5.74, 6) is -0.357. The molecule has 0 aliphatic rings. The number of aliphatic hydroxyl groups excluding tert-OH is 1. The lowest BCUT2D eigenvalue weighted by molar-refractivity contribution is 0.0891. The Balaban J connectivity index is 2.54. The molecule has 4 nitrogen and oxygen atoms in total. The van der Waals surface area contributed by atoms with Crippen molar-refractivity contribution in [2.45, 2.75) is 6.54 Å². The number of carbonyl (C=O) groups is 1.